The van der Waals surface area contributed by atoms with Crippen LogP contribution in [0.25, 0.3) is 0 Å². The van der Waals surface area contributed by atoms with Crippen LogP contribution in [0.5, 0.6) is 28.7 Å². The summed E-state index contributed by atoms with van der Waals surface area (Å²) < 4.78 is 27.7. The minimum absolute atomic E-state index is 0.515. The van der Waals surface area contributed by atoms with Crippen molar-refractivity contribution in [2.75, 3.05) is 48.1 Å². The van der Waals surface area contributed by atoms with Crippen LogP contribution in [-0.2, 0) is 13.0 Å². The Hall–Kier alpha value is -3.29. The van der Waals surface area contributed by atoms with Gasteiger partial charge in [-0.25, -0.2) is 0 Å². The molecule has 0 saturated carbocycles. The smallest absolute Gasteiger partial charge is 0.203 e. The van der Waals surface area contributed by atoms with E-state index in [1.807, 2.05) is 38.1 Å². The third kappa shape index (κ3) is 6.60. The predicted octanol–water partition coefficient (Wildman–Crippen LogP) is 3.42. The van der Waals surface area contributed by atoms with Crippen molar-refractivity contribution in [1.82, 2.24) is 10.6 Å². The molecule has 8 heteroatoms. The minimum Gasteiger partial charge on any atom is -0.493 e. The van der Waals surface area contributed by atoms with Crippen LogP contribution in [0.15, 0.2) is 35.3 Å². The summed E-state index contributed by atoms with van der Waals surface area (Å²) in [4.78, 5) is 4.30. The Bertz CT molecular complexity index is 886. The summed E-state index contributed by atoms with van der Waals surface area (Å²) in [6.07, 6.45) is 0.812. The topological polar surface area (TPSA) is 82.6 Å². The van der Waals surface area contributed by atoms with Crippen LogP contribution in [0.4, 0.5) is 0 Å². The highest BCUT2D eigenvalue weighted by atomic mass is 16.5. The van der Waals surface area contributed by atoms with Crippen molar-refractivity contribution in [2.45, 2.75) is 26.8 Å². The van der Waals surface area contributed by atoms with Crippen molar-refractivity contribution in [3.8, 4) is 28.7 Å². The molecule has 0 aliphatic rings. The van der Waals surface area contributed by atoms with E-state index in [-0.39, 0.29) is 0 Å². The second kappa shape index (κ2) is 13.2. The molecule has 0 aliphatic heterocycles. The molecule has 0 fully saturated rings. The van der Waals surface area contributed by atoms with E-state index in [0.29, 0.717) is 49.5 Å². The van der Waals surface area contributed by atoms with Crippen molar-refractivity contribution in [3.05, 3.63) is 41.5 Å². The summed E-state index contributed by atoms with van der Waals surface area (Å²) in [7, 11) is 6.55. The van der Waals surface area contributed by atoms with E-state index in [9.17, 15) is 0 Å². The number of guanidine groups is 1. The van der Waals surface area contributed by atoms with Crippen LogP contribution in [0.1, 0.15) is 25.0 Å². The molecule has 8 nitrogen and oxygen atoms in total. The number of hydrogen-bond donors (Lipinski definition) is 2. The van der Waals surface area contributed by atoms with Gasteiger partial charge in [0.05, 0.1) is 34.5 Å². The molecular formula is C24H35N3O5. The third-order valence-electron chi connectivity index (χ3n) is 4.77. The monoisotopic (exact) mass is 445 g/mol. The van der Waals surface area contributed by atoms with Crippen molar-refractivity contribution in [1.29, 1.82) is 0 Å². The van der Waals surface area contributed by atoms with Crippen molar-refractivity contribution < 1.29 is 23.7 Å². The van der Waals surface area contributed by atoms with E-state index < -0.39 is 0 Å². The zero-order valence-corrected chi connectivity index (χ0v) is 19.9. The lowest BCUT2D eigenvalue weighted by Crippen LogP contribution is -2.37. The Morgan fingerprint density at radius 2 is 1.50 bits per heavy atom. The molecule has 0 spiro atoms. The largest absolute Gasteiger partial charge is 0.493 e. The van der Waals surface area contributed by atoms with Gasteiger partial charge < -0.3 is 34.3 Å². The zero-order valence-electron chi connectivity index (χ0n) is 19.9. The maximum absolute atomic E-state index is 5.71. The Labute approximate surface area is 190 Å². The van der Waals surface area contributed by atoms with Gasteiger partial charge in [0.25, 0.3) is 0 Å². The average Bonchev–Trinajstić information content (AvgIpc) is 2.82. The first-order valence-corrected chi connectivity index (χ1v) is 10.7. The highest BCUT2D eigenvalue weighted by molar-refractivity contribution is 5.79. The van der Waals surface area contributed by atoms with Gasteiger partial charge in [0.2, 0.25) is 5.75 Å². The molecule has 0 unspecified atom stereocenters. The lowest BCUT2D eigenvalue weighted by Gasteiger charge is -2.17. The fraction of sp³-hybridized carbons (Fsp3) is 0.458. The fourth-order valence-corrected chi connectivity index (χ4v) is 3.28. The molecule has 0 radical (unpaired) electrons. The Kier molecular flexibility index (Phi) is 10.3. The molecule has 0 saturated heterocycles. The molecule has 2 rings (SSSR count). The molecule has 32 heavy (non-hydrogen) atoms. The van der Waals surface area contributed by atoms with E-state index >= 15 is 0 Å². The molecular weight excluding hydrogens is 410 g/mol. The Morgan fingerprint density at radius 1 is 0.812 bits per heavy atom. The van der Waals surface area contributed by atoms with Gasteiger partial charge in [-0.15, -0.1) is 0 Å². The zero-order chi connectivity index (χ0) is 23.3. The number of ether oxygens (including phenoxy) is 5. The molecule has 0 amide bonds. The summed E-state index contributed by atoms with van der Waals surface area (Å²) in [5.41, 5.74) is 2.09. The number of nitrogens with one attached hydrogen (secondary N) is 2. The maximum atomic E-state index is 5.71. The van der Waals surface area contributed by atoms with Crippen molar-refractivity contribution in [3.63, 3.8) is 0 Å². The number of hydrogen-bond acceptors (Lipinski definition) is 6. The summed E-state index contributed by atoms with van der Waals surface area (Å²) >= 11 is 0. The molecule has 0 heterocycles. The number of rotatable bonds is 12. The van der Waals surface area contributed by atoms with Crippen LogP contribution in [-0.4, -0.2) is 54.1 Å². The van der Waals surface area contributed by atoms with E-state index in [0.717, 1.165) is 29.0 Å². The first-order chi connectivity index (χ1) is 15.6. The van der Waals surface area contributed by atoms with Gasteiger partial charge >= 0.3 is 0 Å². The number of benzene rings is 2. The second-order valence-corrected chi connectivity index (χ2v) is 6.74. The summed E-state index contributed by atoms with van der Waals surface area (Å²) in [5, 5.41) is 6.65. The van der Waals surface area contributed by atoms with Gasteiger partial charge in [-0.2, -0.15) is 0 Å². The SMILES string of the molecule is CCOc1ccc(CCNC(=NC)NCc2ccc(OC)c(OC)c2OC)cc1OCC. The highest BCUT2D eigenvalue weighted by Gasteiger charge is 2.16. The molecule has 2 N–H and O–H groups in total. The minimum atomic E-state index is 0.515. The molecule has 176 valence electrons. The number of methoxy groups -OCH3 is 3. The van der Waals surface area contributed by atoms with Gasteiger partial charge in [-0.3, -0.25) is 4.99 Å². The van der Waals surface area contributed by atoms with Crippen molar-refractivity contribution >= 4 is 5.96 Å². The third-order valence-corrected chi connectivity index (χ3v) is 4.77. The number of nitrogens with zero attached hydrogens (tertiary/aromatic N) is 1. The van der Waals surface area contributed by atoms with E-state index in [1.54, 1.807) is 28.4 Å². The lowest BCUT2D eigenvalue weighted by atomic mass is 10.1. The highest BCUT2D eigenvalue weighted by Crippen LogP contribution is 2.39. The summed E-state index contributed by atoms with van der Waals surface area (Å²) in [6.45, 7) is 6.35. The first-order valence-electron chi connectivity index (χ1n) is 10.7. The van der Waals surface area contributed by atoms with E-state index in [1.165, 1.54) is 0 Å². The molecule has 0 aromatic heterocycles. The molecule has 0 aliphatic carbocycles. The summed E-state index contributed by atoms with van der Waals surface area (Å²) in [6, 6.07) is 9.84. The van der Waals surface area contributed by atoms with E-state index in [4.69, 9.17) is 23.7 Å². The van der Waals surface area contributed by atoms with Gasteiger partial charge in [0.1, 0.15) is 0 Å². The van der Waals surface area contributed by atoms with Crippen LogP contribution in [0.2, 0.25) is 0 Å². The molecule has 0 bridgehead atoms. The molecule has 0 atom stereocenters. The standard InChI is InChI=1S/C24H35N3O5/c1-7-31-19-11-9-17(15-21(19)32-8-2)13-14-26-24(25-3)27-16-18-10-12-20(28-4)23(30-6)22(18)29-5/h9-12,15H,7-8,13-14,16H2,1-6H3,(H2,25,26,27). The Morgan fingerprint density at radius 3 is 2.12 bits per heavy atom. The average molecular weight is 446 g/mol. The molecule has 2 aromatic rings. The van der Waals surface area contributed by atoms with Gasteiger partial charge in [0.15, 0.2) is 29.0 Å². The Balaban J connectivity index is 1.96. The van der Waals surface area contributed by atoms with Crippen molar-refractivity contribution in [2.24, 2.45) is 4.99 Å². The predicted molar refractivity (Wildman–Crippen MR) is 127 cm³/mol. The quantitative estimate of drug-likeness (QED) is 0.383. The first kappa shape index (κ1) is 25.0. The number of aliphatic imine (C=N–C) groups is 1. The molecule has 2 aromatic carbocycles. The normalized spacial score (nSPS) is 11.0. The van der Waals surface area contributed by atoms with Gasteiger partial charge in [-0.1, -0.05) is 6.07 Å². The second-order valence-electron chi connectivity index (χ2n) is 6.74. The van der Waals surface area contributed by atoms with Crippen LogP contribution < -0.4 is 34.3 Å². The van der Waals surface area contributed by atoms with Gasteiger partial charge in [-0.05, 0) is 50.1 Å². The van der Waals surface area contributed by atoms with Gasteiger partial charge in [0, 0.05) is 25.7 Å². The lowest BCUT2D eigenvalue weighted by molar-refractivity contribution is 0.287. The van der Waals surface area contributed by atoms with Crippen LogP contribution in [0.3, 0.4) is 0 Å². The maximum Gasteiger partial charge on any atom is 0.203 e. The summed E-state index contributed by atoms with van der Waals surface area (Å²) in [5.74, 6) is 4.06. The van der Waals surface area contributed by atoms with E-state index in [2.05, 4.69) is 21.7 Å². The fourth-order valence-electron chi connectivity index (χ4n) is 3.28. The van der Waals surface area contributed by atoms with Crippen LogP contribution in [0, 0.1) is 0 Å². The van der Waals surface area contributed by atoms with Crippen LogP contribution >= 0.6 is 0 Å².